The van der Waals surface area contributed by atoms with E-state index in [1.165, 1.54) is 18.5 Å². The van der Waals surface area contributed by atoms with Gasteiger partial charge in [-0.15, -0.1) is 0 Å². The molecule has 1 aromatic carbocycles. The number of halogens is 1. The van der Waals surface area contributed by atoms with Gasteiger partial charge in [0.1, 0.15) is 30.0 Å². The molecule has 1 aliphatic heterocycles. The van der Waals surface area contributed by atoms with Crippen LogP contribution in [0.15, 0.2) is 49.1 Å². The van der Waals surface area contributed by atoms with Crippen LogP contribution in [-0.2, 0) is 11.3 Å². The highest BCUT2D eigenvalue weighted by atomic mass is 19.1. The van der Waals surface area contributed by atoms with Crippen LogP contribution in [0.5, 0.6) is 5.75 Å². The number of amides is 1. The first-order valence-corrected chi connectivity index (χ1v) is 12.3. The zero-order valence-electron chi connectivity index (χ0n) is 20.8. The van der Waals surface area contributed by atoms with Gasteiger partial charge in [0.2, 0.25) is 5.91 Å². The fourth-order valence-electron chi connectivity index (χ4n) is 4.33. The zero-order valence-corrected chi connectivity index (χ0v) is 20.8. The lowest BCUT2D eigenvalue weighted by molar-refractivity contribution is -0.133. The van der Waals surface area contributed by atoms with Crippen LogP contribution in [0.3, 0.4) is 0 Å². The average Bonchev–Trinajstić information content (AvgIpc) is 3.33. The lowest BCUT2D eigenvalue weighted by atomic mass is 10.1. The van der Waals surface area contributed by atoms with Crippen LogP contribution in [0, 0.1) is 5.82 Å². The van der Waals surface area contributed by atoms with Gasteiger partial charge in [0.05, 0.1) is 29.2 Å². The van der Waals surface area contributed by atoms with E-state index in [4.69, 9.17) is 15.5 Å². The summed E-state index contributed by atoms with van der Waals surface area (Å²) in [6.07, 6.45) is 6.63. The predicted octanol–water partition coefficient (Wildman–Crippen LogP) is 3.51. The topological polar surface area (TPSA) is 124 Å². The summed E-state index contributed by atoms with van der Waals surface area (Å²) in [5.74, 6) is 0.428. The molecule has 0 aliphatic carbocycles. The van der Waals surface area contributed by atoms with Crippen molar-refractivity contribution >= 4 is 28.4 Å². The number of hydrogen-bond acceptors (Lipinski definition) is 8. The van der Waals surface area contributed by atoms with Gasteiger partial charge in [-0.25, -0.2) is 19.3 Å². The van der Waals surface area contributed by atoms with Gasteiger partial charge < -0.3 is 20.7 Å². The lowest BCUT2D eigenvalue weighted by Crippen LogP contribution is -2.46. The molecule has 192 valence electrons. The SMILES string of the molecule is CC(C)Oc1cc(F)ccc1Nc1ncnc2ccc(-c3cnn(CC(=O)N4CCC[C@H](N)C4)c3)nc12. The Bertz CT molecular complexity index is 1420. The molecule has 0 spiro atoms. The first-order valence-electron chi connectivity index (χ1n) is 12.3. The molecule has 4 aromatic rings. The average molecular weight is 505 g/mol. The number of fused-ring (bicyclic) bond motifs is 1. The van der Waals surface area contributed by atoms with E-state index in [0.717, 1.165) is 24.9 Å². The fourth-order valence-corrected chi connectivity index (χ4v) is 4.33. The molecule has 1 atom stereocenters. The van der Waals surface area contributed by atoms with Gasteiger partial charge in [0.25, 0.3) is 0 Å². The maximum absolute atomic E-state index is 13.9. The number of benzene rings is 1. The van der Waals surface area contributed by atoms with Crippen LogP contribution < -0.4 is 15.8 Å². The van der Waals surface area contributed by atoms with Gasteiger partial charge in [-0.3, -0.25) is 9.48 Å². The number of hydrogen-bond donors (Lipinski definition) is 2. The molecule has 1 saturated heterocycles. The van der Waals surface area contributed by atoms with Crippen molar-refractivity contribution in [3.05, 3.63) is 54.9 Å². The molecule has 0 radical (unpaired) electrons. The number of nitrogens with zero attached hydrogens (tertiary/aromatic N) is 6. The van der Waals surface area contributed by atoms with Crippen molar-refractivity contribution in [1.82, 2.24) is 29.6 Å². The Morgan fingerprint density at radius 1 is 1.27 bits per heavy atom. The fraction of sp³-hybridized carbons (Fsp3) is 0.346. The number of pyridine rings is 1. The molecule has 37 heavy (non-hydrogen) atoms. The van der Waals surface area contributed by atoms with Crippen molar-refractivity contribution in [2.75, 3.05) is 18.4 Å². The molecule has 3 N–H and O–H groups in total. The molecule has 1 aliphatic rings. The Hall–Kier alpha value is -4.12. The van der Waals surface area contributed by atoms with E-state index < -0.39 is 5.82 Å². The van der Waals surface area contributed by atoms with Crippen molar-refractivity contribution in [2.24, 2.45) is 5.73 Å². The van der Waals surface area contributed by atoms with E-state index in [2.05, 4.69) is 20.4 Å². The minimum Gasteiger partial charge on any atom is -0.489 e. The molecule has 0 saturated carbocycles. The predicted molar refractivity (Wildman–Crippen MR) is 138 cm³/mol. The Balaban J connectivity index is 1.39. The minimum atomic E-state index is -0.396. The Morgan fingerprint density at radius 2 is 2.14 bits per heavy atom. The number of carbonyl (C=O) groups excluding carboxylic acids is 1. The molecule has 5 rings (SSSR count). The summed E-state index contributed by atoms with van der Waals surface area (Å²) in [4.78, 5) is 28.0. The van der Waals surface area contributed by atoms with Crippen LogP contribution in [-0.4, -0.2) is 60.8 Å². The summed E-state index contributed by atoms with van der Waals surface area (Å²) in [5, 5.41) is 7.57. The first-order chi connectivity index (χ1) is 17.9. The lowest BCUT2D eigenvalue weighted by Gasteiger charge is -2.30. The molecule has 0 unspecified atom stereocenters. The van der Waals surface area contributed by atoms with Crippen molar-refractivity contribution in [3.63, 3.8) is 0 Å². The molecular formula is C26H29FN8O2. The third-order valence-electron chi connectivity index (χ3n) is 6.08. The van der Waals surface area contributed by atoms with E-state index in [9.17, 15) is 9.18 Å². The van der Waals surface area contributed by atoms with E-state index in [1.54, 1.807) is 28.0 Å². The number of likely N-dealkylation sites (tertiary alicyclic amines) is 1. The van der Waals surface area contributed by atoms with Gasteiger partial charge in [0.15, 0.2) is 5.82 Å². The van der Waals surface area contributed by atoms with Crippen LogP contribution in [0.1, 0.15) is 26.7 Å². The number of nitrogens with one attached hydrogen (secondary N) is 1. The van der Waals surface area contributed by atoms with Crippen LogP contribution >= 0.6 is 0 Å². The first kappa shape index (κ1) is 24.6. The molecule has 3 aromatic heterocycles. The number of rotatable bonds is 7. The molecule has 1 fully saturated rings. The van der Waals surface area contributed by atoms with E-state index >= 15 is 0 Å². The smallest absolute Gasteiger partial charge is 0.244 e. The van der Waals surface area contributed by atoms with Gasteiger partial charge in [-0.05, 0) is 51.0 Å². The maximum Gasteiger partial charge on any atom is 0.244 e. The Morgan fingerprint density at radius 3 is 2.95 bits per heavy atom. The summed E-state index contributed by atoms with van der Waals surface area (Å²) >= 11 is 0. The van der Waals surface area contributed by atoms with Gasteiger partial charge in [0, 0.05) is 37.0 Å². The van der Waals surface area contributed by atoms with Crippen molar-refractivity contribution in [1.29, 1.82) is 0 Å². The quantitative estimate of drug-likeness (QED) is 0.392. The van der Waals surface area contributed by atoms with Crippen molar-refractivity contribution in [2.45, 2.75) is 45.4 Å². The number of ether oxygens (including phenoxy) is 1. The van der Waals surface area contributed by atoms with Crippen LogP contribution in [0.4, 0.5) is 15.9 Å². The standard InChI is InChI=1S/C26H29FN8O2/c1-16(2)37-23-10-18(27)5-6-21(23)33-26-25-22(29-15-30-26)8-7-20(32-25)17-11-31-35(12-17)14-24(36)34-9-3-4-19(28)13-34/h5-8,10-12,15-16,19H,3-4,9,13-14,28H2,1-2H3,(H,29,30,33)/t19-/m0/s1. The van der Waals surface area contributed by atoms with Crippen molar-refractivity contribution < 1.29 is 13.9 Å². The second-order valence-electron chi connectivity index (χ2n) is 9.39. The highest BCUT2D eigenvalue weighted by molar-refractivity contribution is 5.89. The van der Waals surface area contributed by atoms with E-state index in [0.29, 0.717) is 40.5 Å². The number of anilines is 2. The Labute approximate surface area is 213 Å². The molecule has 10 nitrogen and oxygen atoms in total. The van der Waals surface area contributed by atoms with Crippen LogP contribution in [0.2, 0.25) is 0 Å². The highest BCUT2D eigenvalue weighted by Gasteiger charge is 2.22. The zero-order chi connectivity index (χ0) is 25.9. The maximum atomic E-state index is 13.9. The Kier molecular flexibility index (Phi) is 6.95. The monoisotopic (exact) mass is 504 g/mol. The summed E-state index contributed by atoms with van der Waals surface area (Å²) in [5.41, 5.74) is 9.16. The summed E-state index contributed by atoms with van der Waals surface area (Å²) in [7, 11) is 0. The summed E-state index contributed by atoms with van der Waals surface area (Å²) in [6, 6.07) is 8.00. The normalized spacial score (nSPS) is 15.8. The van der Waals surface area contributed by atoms with Crippen molar-refractivity contribution in [3.8, 4) is 17.0 Å². The second-order valence-corrected chi connectivity index (χ2v) is 9.39. The molecule has 1 amide bonds. The second kappa shape index (κ2) is 10.5. The number of aromatic nitrogens is 5. The number of carbonyl (C=O) groups is 1. The highest BCUT2D eigenvalue weighted by Crippen LogP contribution is 2.31. The summed E-state index contributed by atoms with van der Waals surface area (Å²) < 4.78 is 21.2. The number of nitrogens with two attached hydrogens (primary N) is 1. The molecule has 4 heterocycles. The van der Waals surface area contributed by atoms with Gasteiger partial charge in [-0.2, -0.15) is 5.10 Å². The van der Waals surface area contributed by atoms with Gasteiger partial charge >= 0.3 is 0 Å². The van der Waals surface area contributed by atoms with E-state index in [1.807, 2.05) is 26.0 Å². The van der Waals surface area contributed by atoms with Gasteiger partial charge in [-0.1, -0.05) is 0 Å². The molecule has 11 heteroatoms. The van der Waals surface area contributed by atoms with E-state index in [-0.39, 0.29) is 24.6 Å². The summed E-state index contributed by atoms with van der Waals surface area (Å²) in [6.45, 7) is 5.18. The number of piperidine rings is 1. The largest absolute Gasteiger partial charge is 0.489 e. The third-order valence-corrected chi connectivity index (χ3v) is 6.08. The van der Waals surface area contributed by atoms with Crippen LogP contribution in [0.25, 0.3) is 22.3 Å². The molecule has 0 bridgehead atoms. The minimum absolute atomic E-state index is 0.00474. The third kappa shape index (κ3) is 5.67. The molecular weight excluding hydrogens is 475 g/mol.